The normalized spacial score (nSPS) is 20.7. The molecule has 0 saturated carbocycles. The van der Waals surface area contributed by atoms with E-state index in [1.165, 1.54) is 23.1 Å². The molecule has 4 rings (SSSR count). The van der Waals surface area contributed by atoms with Crippen molar-refractivity contribution in [2.75, 3.05) is 13.1 Å². The Hall–Kier alpha value is -3.22. The van der Waals surface area contributed by atoms with Gasteiger partial charge in [-0.1, -0.05) is 36.4 Å². The number of nitrogens with zero attached hydrogens (tertiary/aromatic N) is 2. The summed E-state index contributed by atoms with van der Waals surface area (Å²) < 4.78 is 13.6. The quantitative estimate of drug-likeness (QED) is 0.804. The van der Waals surface area contributed by atoms with Crippen molar-refractivity contribution in [1.29, 1.82) is 0 Å². The average molecular weight is 423 g/mol. The first-order valence-corrected chi connectivity index (χ1v) is 10.7. The van der Waals surface area contributed by atoms with Crippen molar-refractivity contribution in [3.05, 3.63) is 71.5 Å². The fourth-order valence-corrected chi connectivity index (χ4v) is 4.45. The van der Waals surface area contributed by atoms with E-state index in [1.54, 1.807) is 11.0 Å². The van der Waals surface area contributed by atoms with Crippen LogP contribution in [0.4, 0.5) is 4.39 Å². The van der Waals surface area contributed by atoms with E-state index in [9.17, 15) is 18.8 Å². The summed E-state index contributed by atoms with van der Waals surface area (Å²) >= 11 is 0. The fourth-order valence-electron chi connectivity index (χ4n) is 4.45. The highest BCUT2D eigenvalue weighted by Gasteiger charge is 2.42. The number of benzene rings is 2. The summed E-state index contributed by atoms with van der Waals surface area (Å²) in [5.41, 5.74) is 1.23. The molecule has 7 heteroatoms. The van der Waals surface area contributed by atoms with Gasteiger partial charge in [-0.25, -0.2) is 4.39 Å². The first-order valence-electron chi connectivity index (χ1n) is 10.7. The lowest BCUT2D eigenvalue weighted by atomic mass is 10.1. The van der Waals surface area contributed by atoms with E-state index in [0.717, 1.165) is 12.0 Å². The second kappa shape index (κ2) is 9.29. The number of carbonyl (C=O) groups excluding carboxylic acids is 3. The van der Waals surface area contributed by atoms with Gasteiger partial charge in [-0.3, -0.25) is 14.4 Å². The van der Waals surface area contributed by atoms with Gasteiger partial charge in [-0.15, -0.1) is 0 Å². The van der Waals surface area contributed by atoms with Crippen LogP contribution >= 0.6 is 0 Å². The smallest absolute Gasteiger partial charge is 0.254 e. The fraction of sp³-hybridized carbons (Fsp3) is 0.375. The largest absolute Gasteiger partial charge is 0.350 e. The highest BCUT2D eigenvalue weighted by atomic mass is 19.1. The van der Waals surface area contributed by atoms with E-state index in [-0.39, 0.29) is 23.3 Å². The zero-order chi connectivity index (χ0) is 21.8. The van der Waals surface area contributed by atoms with Crippen LogP contribution in [-0.2, 0) is 16.1 Å². The lowest BCUT2D eigenvalue weighted by Gasteiger charge is -2.31. The van der Waals surface area contributed by atoms with Gasteiger partial charge in [0.1, 0.15) is 17.9 Å². The van der Waals surface area contributed by atoms with Crippen LogP contribution in [-0.4, -0.2) is 52.7 Å². The predicted molar refractivity (Wildman–Crippen MR) is 113 cm³/mol. The second-order valence-corrected chi connectivity index (χ2v) is 8.06. The van der Waals surface area contributed by atoms with E-state index < -0.39 is 17.9 Å². The molecule has 2 aromatic carbocycles. The molecule has 2 aliphatic heterocycles. The minimum atomic E-state index is -0.613. The third kappa shape index (κ3) is 4.60. The number of likely N-dealkylation sites (tertiary alicyclic amines) is 2. The molecule has 1 N–H and O–H groups in total. The number of hydrogen-bond donors (Lipinski definition) is 1. The molecular formula is C24H26FN3O3. The molecule has 2 saturated heterocycles. The van der Waals surface area contributed by atoms with Crippen LogP contribution < -0.4 is 5.32 Å². The summed E-state index contributed by atoms with van der Waals surface area (Å²) in [6, 6.07) is 14.0. The molecule has 162 valence electrons. The van der Waals surface area contributed by atoms with Crippen molar-refractivity contribution in [3.63, 3.8) is 0 Å². The third-order valence-electron chi connectivity index (χ3n) is 6.02. The van der Waals surface area contributed by atoms with Crippen LogP contribution in [0.1, 0.15) is 41.6 Å². The molecule has 2 atom stereocenters. The molecular weight excluding hydrogens is 397 g/mol. The lowest BCUT2D eigenvalue weighted by molar-refractivity contribution is -0.141. The van der Waals surface area contributed by atoms with Crippen molar-refractivity contribution >= 4 is 17.7 Å². The third-order valence-corrected chi connectivity index (χ3v) is 6.02. The monoisotopic (exact) mass is 423 g/mol. The molecule has 0 bridgehead atoms. The molecule has 0 unspecified atom stereocenters. The van der Waals surface area contributed by atoms with E-state index in [0.29, 0.717) is 38.9 Å². The first-order chi connectivity index (χ1) is 15.0. The Labute approximate surface area is 181 Å². The van der Waals surface area contributed by atoms with Gasteiger partial charge < -0.3 is 15.1 Å². The molecule has 0 aromatic heterocycles. The number of halogens is 1. The van der Waals surface area contributed by atoms with Crippen molar-refractivity contribution in [1.82, 2.24) is 15.1 Å². The van der Waals surface area contributed by atoms with E-state index in [2.05, 4.69) is 5.32 Å². The van der Waals surface area contributed by atoms with E-state index in [4.69, 9.17) is 0 Å². The average Bonchev–Trinajstić information content (AvgIpc) is 3.47. The van der Waals surface area contributed by atoms with Crippen molar-refractivity contribution < 1.29 is 18.8 Å². The van der Waals surface area contributed by atoms with E-state index >= 15 is 0 Å². The summed E-state index contributed by atoms with van der Waals surface area (Å²) in [4.78, 5) is 42.2. The van der Waals surface area contributed by atoms with Crippen LogP contribution in [0.2, 0.25) is 0 Å². The van der Waals surface area contributed by atoms with Gasteiger partial charge in [-0.05, 0) is 49.4 Å². The lowest BCUT2D eigenvalue weighted by Crippen LogP contribution is -2.52. The summed E-state index contributed by atoms with van der Waals surface area (Å²) in [6.07, 6.45) is 2.61. The number of nitrogens with one attached hydrogen (secondary N) is 1. The van der Waals surface area contributed by atoms with Gasteiger partial charge in [0.25, 0.3) is 5.91 Å². The van der Waals surface area contributed by atoms with Crippen LogP contribution in [0.25, 0.3) is 0 Å². The number of rotatable bonds is 5. The van der Waals surface area contributed by atoms with Crippen LogP contribution in [0.5, 0.6) is 0 Å². The Kier molecular flexibility index (Phi) is 6.30. The van der Waals surface area contributed by atoms with Gasteiger partial charge in [-0.2, -0.15) is 0 Å². The molecule has 2 aliphatic rings. The highest BCUT2D eigenvalue weighted by molar-refractivity contribution is 5.99. The summed E-state index contributed by atoms with van der Waals surface area (Å²) in [7, 11) is 0. The molecule has 6 nitrogen and oxygen atoms in total. The Morgan fingerprint density at radius 3 is 2.35 bits per heavy atom. The van der Waals surface area contributed by atoms with Gasteiger partial charge in [0.05, 0.1) is 0 Å². The van der Waals surface area contributed by atoms with E-state index in [1.807, 2.05) is 30.3 Å². The summed E-state index contributed by atoms with van der Waals surface area (Å²) in [5, 5.41) is 2.93. The second-order valence-electron chi connectivity index (χ2n) is 8.06. The number of amides is 3. The van der Waals surface area contributed by atoms with Crippen LogP contribution in [0.3, 0.4) is 0 Å². The molecule has 31 heavy (non-hydrogen) atoms. The molecule has 2 aromatic rings. The standard InChI is InChI=1S/C24H26FN3O3/c25-19-10-4-9-18(15-19)23(30)28-14-6-12-21(28)24(31)27-13-5-11-20(27)22(29)26-16-17-7-2-1-3-8-17/h1-4,7-10,15,20-21H,5-6,11-14,16H2,(H,26,29)/t20-,21-/m1/s1. The minimum Gasteiger partial charge on any atom is -0.350 e. The van der Waals surface area contributed by atoms with Crippen LogP contribution in [0.15, 0.2) is 54.6 Å². The zero-order valence-corrected chi connectivity index (χ0v) is 17.3. The summed E-state index contributed by atoms with van der Waals surface area (Å²) in [5.74, 6) is -1.20. The Morgan fingerprint density at radius 1 is 0.903 bits per heavy atom. The maximum atomic E-state index is 13.6. The molecule has 0 radical (unpaired) electrons. The van der Waals surface area contributed by atoms with Crippen molar-refractivity contribution in [2.24, 2.45) is 0 Å². The number of carbonyl (C=O) groups is 3. The molecule has 2 heterocycles. The Bertz CT molecular complexity index is 966. The van der Waals surface area contributed by atoms with Crippen LogP contribution in [0, 0.1) is 5.82 Å². The van der Waals surface area contributed by atoms with Gasteiger partial charge in [0.15, 0.2) is 0 Å². The van der Waals surface area contributed by atoms with Crippen molar-refractivity contribution in [3.8, 4) is 0 Å². The zero-order valence-electron chi connectivity index (χ0n) is 17.3. The molecule has 3 amide bonds. The maximum absolute atomic E-state index is 13.6. The van der Waals surface area contributed by atoms with Gasteiger partial charge >= 0.3 is 0 Å². The number of hydrogen-bond acceptors (Lipinski definition) is 3. The first kappa shape index (κ1) is 21.0. The topological polar surface area (TPSA) is 69.7 Å². The minimum absolute atomic E-state index is 0.171. The Morgan fingerprint density at radius 2 is 1.61 bits per heavy atom. The van der Waals surface area contributed by atoms with Gasteiger partial charge in [0.2, 0.25) is 11.8 Å². The maximum Gasteiger partial charge on any atom is 0.254 e. The summed E-state index contributed by atoms with van der Waals surface area (Å²) in [6.45, 7) is 1.36. The molecule has 0 aliphatic carbocycles. The highest BCUT2D eigenvalue weighted by Crippen LogP contribution is 2.26. The SMILES string of the molecule is O=C(NCc1ccccc1)[C@H]1CCCN1C(=O)[C@H]1CCCN1C(=O)c1cccc(F)c1. The molecule has 2 fully saturated rings. The predicted octanol–water partition coefficient (Wildman–Crippen LogP) is 2.74. The van der Waals surface area contributed by atoms with Gasteiger partial charge in [0, 0.05) is 25.2 Å². The Balaban J connectivity index is 1.43. The van der Waals surface area contributed by atoms with Crippen molar-refractivity contribution in [2.45, 2.75) is 44.3 Å². The molecule has 0 spiro atoms.